The number of thiazole rings is 1. The maximum atomic E-state index is 5.07. The van der Waals surface area contributed by atoms with E-state index in [1.807, 2.05) is 18.6 Å². The van der Waals surface area contributed by atoms with Crippen LogP contribution in [0.5, 0.6) is 5.88 Å². The maximum absolute atomic E-state index is 5.07. The van der Waals surface area contributed by atoms with Crippen molar-refractivity contribution in [1.29, 1.82) is 0 Å². The average molecular weight is 236 g/mol. The molecular formula is C10H12N4OS. The molecule has 0 aliphatic rings. The van der Waals surface area contributed by atoms with Gasteiger partial charge >= 0.3 is 0 Å². The molecule has 0 saturated heterocycles. The van der Waals surface area contributed by atoms with Crippen molar-refractivity contribution in [3.05, 3.63) is 28.5 Å². The Hall–Kier alpha value is -1.69. The lowest BCUT2D eigenvalue weighted by Crippen LogP contribution is -2.03. The molecule has 0 atom stereocenters. The third kappa shape index (κ3) is 2.66. The van der Waals surface area contributed by atoms with Crippen LogP contribution in [0.1, 0.15) is 10.7 Å². The van der Waals surface area contributed by atoms with Crippen molar-refractivity contribution < 1.29 is 4.74 Å². The van der Waals surface area contributed by atoms with Gasteiger partial charge in [0.25, 0.3) is 0 Å². The number of anilines is 1. The van der Waals surface area contributed by atoms with Crippen LogP contribution in [0.4, 0.5) is 5.82 Å². The number of ether oxygens (including phenoxy) is 1. The molecule has 2 aromatic rings. The highest BCUT2D eigenvalue weighted by molar-refractivity contribution is 7.09. The van der Waals surface area contributed by atoms with E-state index in [4.69, 9.17) is 4.74 Å². The first kappa shape index (κ1) is 10.8. The molecule has 0 bridgehead atoms. The predicted molar refractivity (Wildman–Crippen MR) is 62.8 cm³/mol. The summed E-state index contributed by atoms with van der Waals surface area (Å²) in [5, 5.41) is 3.20. The molecule has 1 N–H and O–H groups in total. The van der Waals surface area contributed by atoms with E-state index in [0.717, 1.165) is 10.7 Å². The number of aryl methyl sites for hydroxylation is 1. The number of nitrogens with one attached hydrogen (secondary N) is 1. The van der Waals surface area contributed by atoms with Crippen LogP contribution < -0.4 is 10.1 Å². The van der Waals surface area contributed by atoms with Crippen LogP contribution in [-0.2, 0) is 6.54 Å². The van der Waals surface area contributed by atoms with Crippen LogP contribution in [-0.4, -0.2) is 22.1 Å². The van der Waals surface area contributed by atoms with Gasteiger partial charge in [0.1, 0.15) is 11.6 Å². The molecule has 0 amide bonds. The van der Waals surface area contributed by atoms with E-state index in [2.05, 4.69) is 20.3 Å². The molecule has 2 heterocycles. The number of aromatic nitrogens is 3. The van der Waals surface area contributed by atoms with Gasteiger partial charge in [0, 0.05) is 17.1 Å². The summed E-state index contributed by atoms with van der Waals surface area (Å²) in [6.07, 6.45) is 1.84. The van der Waals surface area contributed by atoms with Crippen molar-refractivity contribution in [1.82, 2.24) is 15.0 Å². The summed E-state index contributed by atoms with van der Waals surface area (Å²) >= 11 is 1.61. The molecule has 0 aliphatic heterocycles. The van der Waals surface area contributed by atoms with Crippen LogP contribution in [0, 0.1) is 6.92 Å². The molecule has 0 radical (unpaired) electrons. The third-order valence-corrected chi connectivity index (χ3v) is 2.73. The molecule has 0 aliphatic carbocycles. The molecule has 2 rings (SSSR count). The fourth-order valence-corrected chi connectivity index (χ4v) is 1.78. The van der Waals surface area contributed by atoms with Crippen molar-refractivity contribution in [2.45, 2.75) is 13.5 Å². The fraction of sp³-hybridized carbons (Fsp3) is 0.300. The molecule has 0 spiro atoms. The zero-order valence-electron chi connectivity index (χ0n) is 9.10. The van der Waals surface area contributed by atoms with Crippen molar-refractivity contribution in [3.8, 4) is 5.88 Å². The Bertz CT molecular complexity index is 458. The maximum Gasteiger partial charge on any atom is 0.218 e. The van der Waals surface area contributed by atoms with Gasteiger partial charge in [-0.15, -0.1) is 11.3 Å². The molecule has 0 saturated carbocycles. The van der Waals surface area contributed by atoms with Gasteiger partial charge in [-0.1, -0.05) is 0 Å². The van der Waals surface area contributed by atoms with Crippen molar-refractivity contribution in [2.75, 3.05) is 12.4 Å². The first-order valence-corrected chi connectivity index (χ1v) is 5.67. The monoisotopic (exact) mass is 236 g/mol. The van der Waals surface area contributed by atoms with Gasteiger partial charge < -0.3 is 10.1 Å². The van der Waals surface area contributed by atoms with Crippen LogP contribution in [0.25, 0.3) is 0 Å². The lowest BCUT2D eigenvalue weighted by Gasteiger charge is -2.06. The molecule has 16 heavy (non-hydrogen) atoms. The molecule has 0 aromatic carbocycles. The quantitative estimate of drug-likeness (QED) is 0.878. The highest BCUT2D eigenvalue weighted by atomic mass is 32.1. The minimum Gasteiger partial charge on any atom is -0.481 e. The third-order valence-electron chi connectivity index (χ3n) is 1.95. The Balaban J connectivity index is 2.06. The van der Waals surface area contributed by atoms with E-state index in [1.54, 1.807) is 24.5 Å². The lowest BCUT2D eigenvalue weighted by atomic mass is 10.5. The zero-order chi connectivity index (χ0) is 11.4. The van der Waals surface area contributed by atoms with Crippen LogP contribution in [0.15, 0.2) is 17.8 Å². The Morgan fingerprint density at radius 2 is 2.31 bits per heavy atom. The van der Waals surface area contributed by atoms with E-state index in [1.165, 1.54) is 0 Å². The normalized spacial score (nSPS) is 10.1. The van der Waals surface area contributed by atoms with E-state index >= 15 is 0 Å². The highest BCUT2D eigenvalue weighted by Gasteiger charge is 2.02. The minimum atomic E-state index is 0.569. The number of rotatable bonds is 4. The van der Waals surface area contributed by atoms with Gasteiger partial charge in [-0.2, -0.15) is 4.98 Å². The topological polar surface area (TPSA) is 59.9 Å². The van der Waals surface area contributed by atoms with Crippen LogP contribution in [0.3, 0.4) is 0 Å². The summed E-state index contributed by atoms with van der Waals surface area (Å²) in [6, 6.07) is 1.77. The largest absolute Gasteiger partial charge is 0.481 e. The van der Waals surface area contributed by atoms with Gasteiger partial charge in [0.05, 0.1) is 19.2 Å². The van der Waals surface area contributed by atoms with Crippen LogP contribution >= 0.6 is 11.3 Å². The summed E-state index contributed by atoms with van der Waals surface area (Å²) in [5.41, 5.74) is 1.81. The molecule has 84 valence electrons. The second-order valence-electron chi connectivity index (χ2n) is 3.16. The highest BCUT2D eigenvalue weighted by Crippen LogP contribution is 2.14. The molecular weight excluding hydrogens is 224 g/mol. The number of nitrogens with zero attached hydrogens (tertiary/aromatic N) is 3. The molecule has 0 unspecified atom stereocenters. The predicted octanol–water partition coefficient (Wildman–Crippen LogP) is 1.86. The fourth-order valence-electron chi connectivity index (χ4n) is 1.24. The van der Waals surface area contributed by atoms with Gasteiger partial charge in [0.15, 0.2) is 0 Å². The molecule has 2 aromatic heterocycles. The second kappa shape index (κ2) is 4.89. The Labute approximate surface area is 97.5 Å². The van der Waals surface area contributed by atoms with E-state index < -0.39 is 0 Å². The van der Waals surface area contributed by atoms with Crippen molar-refractivity contribution in [2.24, 2.45) is 0 Å². The Kier molecular flexibility index (Phi) is 3.31. The molecule has 6 heteroatoms. The van der Waals surface area contributed by atoms with Crippen molar-refractivity contribution in [3.63, 3.8) is 0 Å². The standard InChI is InChI=1S/C10H12N4OS/c1-7-13-9(3-10(14-7)15-2)12-5-8-4-11-6-16-8/h3-4,6H,5H2,1-2H3,(H,12,13,14). The first-order valence-electron chi connectivity index (χ1n) is 4.79. The van der Waals surface area contributed by atoms with Gasteiger partial charge in [0.2, 0.25) is 5.88 Å². The minimum absolute atomic E-state index is 0.569. The van der Waals surface area contributed by atoms with Crippen molar-refractivity contribution >= 4 is 17.2 Å². The summed E-state index contributed by atoms with van der Waals surface area (Å²) < 4.78 is 5.07. The molecule has 5 nitrogen and oxygen atoms in total. The number of methoxy groups -OCH3 is 1. The van der Waals surface area contributed by atoms with Gasteiger partial charge in [-0.3, -0.25) is 4.98 Å². The smallest absolute Gasteiger partial charge is 0.218 e. The first-order chi connectivity index (χ1) is 7.78. The van der Waals surface area contributed by atoms with Crippen LogP contribution in [0.2, 0.25) is 0 Å². The number of hydrogen-bond donors (Lipinski definition) is 1. The van der Waals surface area contributed by atoms with Gasteiger partial charge in [-0.25, -0.2) is 4.98 Å². The van der Waals surface area contributed by atoms with E-state index in [9.17, 15) is 0 Å². The Morgan fingerprint density at radius 3 is 3.00 bits per heavy atom. The summed E-state index contributed by atoms with van der Waals surface area (Å²) in [7, 11) is 1.59. The number of hydrogen-bond acceptors (Lipinski definition) is 6. The average Bonchev–Trinajstić information content (AvgIpc) is 2.78. The van der Waals surface area contributed by atoms with Gasteiger partial charge in [-0.05, 0) is 6.92 Å². The zero-order valence-corrected chi connectivity index (χ0v) is 9.91. The summed E-state index contributed by atoms with van der Waals surface area (Å²) in [5.74, 6) is 2.02. The van der Waals surface area contributed by atoms with E-state index in [-0.39, 0.29) is 0 Å². The second-order valence-corrected chi connectivity index (χ2v) is 4.13. The molecule has 0 fully saturated rings. The lowest BCUT2D eigenvalue weighted by molar-refractivity contribution is 0.396. The van der Waals surface area contributed by atoms with E-state index in [0.29, 0.717) is 18.2 Å². The summed E-state index contributed by atoms with van der Waals surface area (Å²) in [4.78, 5) is 13.5. The summed E-state index contributed by atoms with van der Waals surface area (Å²) in [6.45, 7) is 2.55. The SMILES string of the molecule is COc1cc(NCc2cncs2)nc(C)n1. The Morgan fingerprint density at radius 1 is 1.44 bits per heavy atom.